The van der Waals surface area contributed by atoms with Gasteiger partial charge in [-0.3, -0.25) is 4.68 Å². The molecule has 3 nitrogen and oxygen atoms in total. The molecule has 1 aromatic rings. The standard InChI is InChI=1S/C18H35N3/c1-8-15(4)21-10-9-17(20-21)12-16(11-14(2)3)13-19-18(5,6)7/h9-10,14-16,19H,8,11-13H2,1-7H3. The van der Waals surface area contributed by atoms with E-state index in [-0.39, 0.29) is 5.54 Å². The normalized spacial score (nSPS) is 15.4. The zero-order chi connectivity index (χ0) is 16.0. The molecule has 0 aliphatic heterocycles. The summed E-state index contributed by atoms with van der Waals surface area (Å²) in [6.07, 6.45) is 5.58. The summed E-state index contributed by atoms with van der Waals surface area (Å²) >= 11 is 0. The maximum Gasteiger partial charge on any atom is 0.0627 e. The predicted molar refractivity (Wildman–Crippen MR) is 91.6 cm³/mol. The highest BCUT2D eigenvalue weighted by atomic mass is 15.3. The van der Waals surface area contributed by atoms with Gasteiger partial charge in [-0.15, -0.1) is 0 Å². The van der Waals surface area contributed by atoms with Crippen molar-refractivity contribution < 1.29 is 0 Å². The highest BCUT2D eigenvalue weighted by Gasteiger charge is 2.17. The minimum atomic E-state index is 0.186. The third-order valence-corrected chi connectivity index (χ3v) is 3.93. The Bertz CT molecular complexity index is 401. The van der Waals surface area contributed by atoms with Crippen LogP contribution in [-0.2, 0) is 6.42 Å². The van der Waals surface area contributed by atoms with Gasteiger partial charge < -0.3 is 5.32 Å². The molecule has 0 aromatic carbocycles. The van der Waals surface area contributed by atoms with E-state index in [0.29, 0.717) is 12.0 Å². The van der Waals surface area contributed by atoms with E-state index in [1.54, 1.807) is 0 Å². The van der Waals surface area contributed by atoms with Crippen LogP contribution in [0.1, 0.15) is 73.0 Å². The average Bonchev–Trinajstić information content (AvgIpc) is 2.82. The zero-order valence-corrected chi connectivity index (χ0v) is 15.1. The number of hydrogen-bond donors (Lipinski definition) is 1. The van der Waals surface area contributed by atoms with Crippen LogP contribution in [0.3, 0.4) is 0 Å². The van der Waals surface area contributed by atoms with Crippen LogP contribution in [0.5, 0.6) is 0 Å². The maximum atomic E-state index is 4.76. The van der Waals surface area contributed by atoms with Gasteiger partial charge in [-0.05, 0) is 71.4 Å². The molecule has 1 N–H and O–H groups in total. The zero-order valence-electron chi connectivity index (χ0n) is 15.1. The quantitative estimate of drug-likeness (QED) is 0.767. The molecule has 0 spiro atoms. The van der Waals surface area contributed by atoms with Crippen molar-refractivity contribution in [1.29, 1.82) is 0 Å². The van der Waals surface area contributed by atoms with Crippen molar-refractivity contribution in [2.45, 2.75) is 79.3 Å². The van der Waals surface area contributed by atoms with Crippen molar-refractivity contribution in [3.63, 3.8) is 0 Å². The molecular weight excluding hydrogens is 258 g/mol. The highest BCUT2D eigenvalue weighted by Crippen LogP contribution is 2.18. The lowest BCUT2D eigenvalue weighted by atomic mass is 9.92. The molecule has 3 heteroatoms. The molecule has 2 unspecified atom stereocenters. The van der Waals surface area contributed by atoms with Gasteiger partial charge in [0, 0.05) is 17.8 Å². The number of nitrogens with one attached hydrogen (secondary N) is 1. The predicted octanol–water partition coefficient (Wildman–Crippen LogP) is 4.45. The van der Waals surface area contributed by atoms with Crippen molar-refractivity contribution in [2.24, 2.45) is 11.8 Å². The number of rotatable bonds is 8. The fraction of sp³-hybridized carbons (Fsp3) is 0.833. The molecule has 1 aromatic heterocycles. The van der Waals surface area contributed by atoms with Gasteiger partial charge >= 0.3 is 0 Å². The Labute approximate surface area is 131 Å². The fourth-order valence-electron chi connectivity index (χ4n) is 2.57. The summed E-state index contributed by atoms with van der Waals surface area (Å²) < 4.78 is 2.11. The molecule has 21 heavy (non-hydrogen) atoms. The Kier molecular flexibility index (Phi) is 6.92. The van der Waals surface area contributed by atoms with Crippen molar-refractivity contribution in [3.05, 3.63) is 18.0 Å². The van der Waals surface area contributed by atoms with Crippen molar-refractivity contribution in [1.82, 2.24) is 15.1 Å². The molecule has 0 radical (unpaired) electrons. The molecule has 0 bridgehead atoms. The summed E-state index contributed by atoms with van der Waals surface area (Å²) in [6, 6.07) is 2.69. The second-order valence-electron chi connectivity index (χ2n) is 7.87. The van der Waals surface area contributed by atoms with Gasteiger partial charge in [0.05, 0.1) is 5.69 Å². The van der Waals surface area contributed by atoms with Crippen LogP contribution < -0.4 is 5.32 Å². The van der Waals surface area contributed by atoms with E-state index in [0.717, 1.165) is 25.3 Å². The van der Waals surface area contributed by atoms with Crippen LogP contribution in [-0.4, -0.2) is 21.9 Å². The fourth-order valence-corrected chi connectivity index (χ4v) is 2.57. The van der Waals surface area contributed by atoms with Crippen LogP contribution in [0, 0.1) is 11.8 Å². The molecule has 0 amide bonds. The van der Waals surface area contributed by atoms with Crippen molar-refractivity contribution in [3.8, 4) is 0 Å². The summed E-state index contributed by atoms with van der Waals surface area (Å²) in [5.74, 6) is 1.39. The Morgan fingerprint density at radius 3 is 2.43 bits per heavy atom. The Morgan fingerprint density at radius 1 is 1.24 bits per heavy atom. The third kappa shape index (κ3) is 7.12. The summed E-state index contributed by atoms with van der Waals surface area (Å²) in [6.45, 7) is 16.8. The first kappa shape index (κ1) is 18.2. The van der Waals surface area contributed by atoms with E-state index in [2.05, 4.69) is 70.7 Å². The first-order valence-corrected chi connectivity index (χ1v) is 8.50. The second kappa shape index (κ2) is 7.98. The van der Waals surface area contributed by atoms with Gasteiger partial charge in [0.1, 0.15) is 0 Å². The highest BCUT2D eigenvalue weighted by molar-refractivity contribution is 5.01. The van der Waals surface area contributed by atoms with Gasteiger partial charge in [0.2, 0.25) is 0 Å². The molecule has 0 aliphatic carbocycles. The van der Waals surface area contributed by atoms with E-state index < -0.39 is 0 Å². The maximum absolute atomic E-state index is 4.76. The largest absolute Gasteiger partial charge is 0.312 e. The van der Waals surface area contributed by atoms with Gasteiger partial charge in [-0.25, -0.2) is 0 Å². The molecule has 2 atom stereocenters. The Morgan fingerprint density at radius 2 is 1.90 bits per heavy atom. The lowest BCUT2D eigenvalue weighted by Gasteiger charge is -2.26. The number of nitrogens with zero attached hydrogens (tertiary/aromatic N) is 2. The SMILES string of the molecule is CCC(C)n1ccc(CC(CNC(C)(C)C)CC(C)C)n1. The molecule has 122 valence electrons. The van der Waals surface area contributed by atoms with Crippen LogP contribution in [0.25, 0.3) is 0 Å². The first-order chi connectivity index (χ1) is 9.71. The topological polar surface area (TPSA) is 29.9 Å². The van der Waals surface area contributed by atoms with E-state index in [4.69, 9.17) is 5.10 Å². The Balaban J connectivity index is 2.65. The minimum Gasteiger partial charge on any atom is -0.312 e. The van der Waals surface area contributed by atoms with Gasteiger partial charge in [-0.2, -0.15) is 5.10 Å². The molecule has 1 rings (SSSR count). The van der Waals surface area contributed by atoms with Gasteiger partial charge in [0.25, 0.3) is 0 Å². The lowest BCUT2D eigenvalue weighted by molar-refractivity contribution is 0.328. The van der Waals surface area contributed by atoms with E-state index in [1.165, 1.54) is 12.1 Å². The van der Waals surface area contributed by atoms with Crippen LogP contribution in [0.15, 0.2) is 12.3 Å². The molecule has 0 saturated heterocycles. The third-order valence-electron chi connectivity index (χ3n) is 3.93. The summed E-state index contributed by atoms with van der Waals surface area (Å²) in [5, 5.41) is 8.42. The molecule has 0 fully saturated rings. The average molecular weight is 293 g/mol. The molecular formula is C18H35N3. The number of hydrogen-bond acceptors (Lipinski definition) is 2. The molecule has 0 saturated carbocycles. The van der Waals surface area contributed by atoms with Crippen LogP contribution in [0.4, 0.5) is 0 Å². The number of aromatic nitrogens is 2. The lowest BCUT2D eigenvalue weighted by Crippen LogP contribution is -2.39. The summed E-state index contributed by atoms with van der Waals surface area (Å²) in [4.78, 5) is 0. The van der Waals surface area contributed by atoms with Crippen molar-refractivity contribution >= 4 is 0 Å². The van der Waals surface area contributed by atoms with E-state index >= 15 is 0 Å². The first-order valence-electron chi connectivity index (χ1n) is 8.50. The Hall–Kier alpha value is -0.830. The molecule has 0 aliphatic rings. The van der Waals surface area contributed by atoms with E-state index in [1.807, 2.05) is 0 Å². The van der Waals surface area contributed by atoms with Crippen LogP contribution in [0.2, 0.25) is 0 Å². The summed E-state index contributed by atoms with van der Waals surface area (Å²) in [5.41, 5.74) is 1.42. The second-order valence-corrected chi connectivity index (χ2v) is 7.87. The summed E-state index contributed by atoms with van der Waals surface area (Å²) in [7, 11) is 0. The van der Waals surface area contributed by atoms with Gasteiger partial charge in [0.15, 0.2) is 0 Å². The smallest absolute Gasteiger partial charge is 0.0627 e. The minimum absolute atomic E-state index is 0.186. The molecule has 1 heterocycles. The monoisotopic (exact) mass is 293 g/mol. The van der Waals surface area contributed by atoms with E-state index in [9.17, 15) is 0 Å². The van der Waals surface area contributed by atoms with Crippen LogP contribution >= 0.6 is 0 Å². The van der Waals surface area contributed by atoms with Gasteiger partial charge in [-0.1, -0.05) is 20.8 Å². The van der Waals surface area contributed by atoms with Crippen molar-refractivity contribution in [2.75, 3.05) is 6.54 Å².